The summed E-state index contributed by atoms with van der Waals surface area (Å²) in [6.07, 6.45) is 31.1. The monoisotopic (exact) mass is 1200 g/mol. The minimum Gasteiger partial charge on any atom is -0.462 e. The number of hydrogen-bond acceptors (Lipinski definition) is 15. The lowest BCUT2D eigenvalue weighted by atomic mass is 10.0. The van der Waals surface area contributed by atoms with Gasteiger partial charge >= 0.3 is 39.5 Å². The number of carbonyl (C=O) groups excluding carboxylic acids is 4. The van der Waals surface area contributed by atoms with Gasteiger partial charge in [-0.3, -0.25) is 37.3 Å². The second kappa shape index (κ2) is 52.4. The third kappa shape index (κ3) is 56.9. The summed E-state index contributed by atoms with van der Waals surface area (Å²) in [7, 11) is -9.88. The number of hydrogen-bond donors (Lipinski definition) is 3. The number of phosphoric ester groups is 2. The van der Waals surface area contributed by atoms with Crippen molar-refractivity contribution in [3.63, 3.8) is 0 Å². The van der Waals surface area contributed by atoms with Crippen molar-refractivity contribution < 1.29 is 80.2 Å². The first kappa shape index (κ1) is 79.1. The summed E-state index contributed by atoms with van der Waals surface area (Å²) < 4.78 is 67.8. The Kier molecular flexibility index (Phi) is 51.1. The summed E-state index contributed by atoms with van der Waals surface area (Å²) in [5.41, 5.74) is 0. The van der Waals surface area contributed by atoms with Crippen molar-refractivity contribution in [1.29, 1.82) is 0 Å². The molecule has 0 spiro atoms. The van der Waals surface area contributed by atoms with Gasteiger partial charge < -0.3 is 33.8 Å². The van der Waals surface area contributed by atoms with E-state index in [1.165, 1.54) is 89.9 Å². The lowest BCUT2D eigenvalue weighted by molar-refractivity contribution is -0.161. The summed E-state index contributed by atoms with van der Waals surface area (Å²) >= 11 is 0. The smallest absolute Gasteiger partial charge is 0.462 e. The van der Waals surface area contributed by atoms with Gasteiger partial charge in [0.05, 0.1) is 26.4 Å². The Balaban J connectivity index is 5.25. The highest BCUT2D eigenvalue weighted by Gasteiger charge is 2.30. The predicted octanol–water partition coefficient (Wildman–Crippen LogP) is 16.6. The van der Waals surface area contributed by atoms with E-state index in [9.17, 15) is 43.2 Å². The van der Waals surface area contributed by atoms with Crippen LogP contribution < -0.4 is 0 Å². The minimum atomic E-state index is -4.94. The van der Waals surface area contributed by atoms with E-state index in [0.29, 0.717) is 37.5 Å². The minimum absolute atomic E-state index is 0.100. The maximum atomic E-state index is 12.9. The molecule has 480 valence electrons. The van der Waals surface area contributed by atoms with Crippen molar-refractivity contribution in [1.82, 2.24) is 0 Å². The Morgan fingerprint density at radius 3 is 0.765 bits per heavy atom. The quantitative estimate of drug-likeness (QED) is 0.0222. The molecule has 0 fully saturated rings. The Morgan fingerprint density at radius 1 is 0.309 bits per heavy atom. The molecule has 0 radical (unpaired) electrons. The van der Waals surface area contributed by atoms with Crippen LogP contribution in [-0.4, -0.2) is 96.7 Å². The molecule has 0 aromatic rings. The first-order chi connectivity index (χ1) is 38.6. The number of rotatable bonds is 59. The molecule has 5 atom stereocenters. The molecule has 0 saturated carbocycles. The SMILES string of the molecule is CC(C)CCCCCCCCCCC(=O)OC[C@H](COP(=O)(O)OCC(O)COP(=O)(O)OC[C@@H](COC(=O)CCCCCCCCCC(C)C)OC(=O)CCCCCCCCC(C)C)OC(=O)CCCCCCCCCCC(C)C. The Morgan fingerprint density at radius 2 is 0.519 bits per heavy atom. The van der Waals surface area contributed by atoms with Crippen molar-refractivity contribution in [2.45, 2.75) is 311 Å². The van der Waals surface area contributed by atoms with Crippen LogP contribution in [0, 0.1) is 23.7 Å². The highest BCUT2D eigenvalue weighted by Crippen LogP contribution is 2.45. The first-order valence-corrected chi connectivity index (χ1v) is 35.2. The number of unbranched alkanes of at least 4 members (excludes halogenated alkanes) is 25. The number of carbonyl (C=O) groups is 4. The van der Waals surface area contributed by atoms with Gasteiger partial charge in [0.25, 0.3) is 0 Å². The molecule has 0 aromatic carbocycles. The third-order valence-electron chi connectivity index (χ3n) is 14.1. The lowest BCUT2D eigenvalue weighted by Gasteiger charge is -2.21. The van der Waals surface area contributed by atoms with Gasteiger partial charge in [-0.25, -0.2) is 9.13 Å². The Hall–Kier alpha value is -1.94. The van der Waals surface area contributed by atoms with E-state index in [4.69, 9.17) is 37.0 Å². The zero-order chi connectivity index (χ0) is 60.4. The zero-order valence-corrected chi connectivity index (χ0v) is 54.2. The highest BCUT2D eigenvalue weighted by atomic mass is 31.2. The van der Waals surface area contributed by atoms with Gasteiger partial charge in [0, 0.05) is 25.7 Å². The third-order valence-corrected chi connectivity index (χ3v) is 16.0. The van der Waals surface area contributed by atoms with Crippen LogP contribution in [0.25, 0.3) is 0 Å². The van der Waals surface area contributed by atoms with E-state index in [0.717, 1.165) is 108 Å². The van der Waals surface area contributed by atoms with Gasteiger partial charge in [-0.15, -0.1) is 0 Å². The number of aliphatic hydroxyl groups is 1. The van der Waals surface area contributed by atoms with E-state index < -0.39 is 97.5 Å². The Bertz CT molecular complexity index is 1630. The fourth-order valence-corrected chi connectivity index (χ4v) is 10.7. The van der Waals surface area contributed by atoms with Gasteiger partial charge in [0.15, 0.2) is 12.2 Å². The van der Waals surface area contributed by atoms with Crippen LogP contribution in [0.15, 0.2) is 0 Å². The second-order valence-electron chi connectivity index (χ2n) is 24.3. The molecule has 17 nitrogen and oxygen atoms in total. The first-order valence-electron chi connectivity index (χ1n) is 32.2. The van der Waals surface area contributed by atoms with Gasteiger partial charge in [0.1, 0.15) is 19.3 Å². The molecule has 0 rings (SSSR count). The van der Waals surface area contributed by atoms with Crippen molar-refractivity contribution in [2.75, 3.05) is 39.6 Å². The summed E-state index contributed by atoms with van der Waals surface area (Å²) in [4.78, 5) is 72.1. The molecule has 0 amide bonds. The van der Waals surface area contributed by atoms with E-state index in [-0.39, 0.29) is 25.7 Å². The van der Waals surface area contributed by atoms with Crippen LogP contribution in [0.2, 0.25) is 0 Å². The number of phosphoric acid groups is 2. The molecule has 81 heavy (non-hydrogen) atoms. The molecule has 3 N–H and O–H groups in total. The average Bonchev–Trinajstić information content (AvgIpc) is 3.40. The number of ether oxygens (including phenoxy) is 4. The molecule has 0 aliphatic carbocycles. The molecule has 0 aliphatic rings. The van der Waals surface area contributed by atoms with E-state index in [1.54, 1.807) is 0 Å². The number of aliphatic hydroxyl groups excluding tert-OH is 1. The molecule has 3 unspecified atom stereocenters. The topological polar surface area (TPSA) is 237 Å². The molecular formula is C62H120O17P2. The maximum Gasteiger partial charge on any atom is 0.472 e. The molecule has 0 bridgehead atoms. The second-order valence-corrected chi connectivity index (χ2v) is 27.3. The molecule has 19 heteroatoms. The van der Waals surface area contributed by atoms with Crippen molar-refractivity contribution in [3.8, 4) is 0 Å². The summed E-state index contributed by atoms with van der Waals surface area (Å²) in [6, 6.07) is 0. The zero-order valence-electron chi connectivity index (χ0n) is 52.4. The predicted molar refractivity (Wildman–Crippen MR) is 321 cm³/mol. The van der Waals surface area contributed by atoms with Crippen molar-refractivity contribution in [2.24, 2.45) is 23.7 Å². The highest BCUT2D eigenvalue weighted by molar-refractivity contribution is 7.47. The maximum absolute atomic E-state index is 12.9. The molecule has 0 aliphatic heterocycles. The van der Waals surface area contributed by atoms with Crippen LogP contribution in [0.1, 0.15) is 293 Å². The fourth-order valence-electron chi connectivity index (χ4n) is 9.08. The van der Waals surface area contributed by atoms with Gasteiger partial charge in [0.2, 0.25) is 0 Å². The van der Waals surface area contributed by atoms with Crippen LogP contribution >= 0.6 is 15.6 Å². The summed E-state index contributed by atoms with van der Waals surface area (Å²) in [6.45, 7) is 13.8. The molecule has 0 aromatic heterocycles. The van der Waals surface area contributed by atoms with Crippen molar-refractivity contribution >= 4 is 39.5 Å². The fraction of sp³-hybridized carbons (Fsp3) is 0.935. The van der Waals surface area contributed by atoms with Crippen molar-refractivity contribution in [3.05, 3.63) is 0 Å². The van der Waals surface area contributed by atoms with Gasteiger partial charge in [-0.05, 0) is 49.4 Å². The Labute approximate surface area is 492 Å². The van der Waals surface area contributed by atoms with Gasteiger partial charge in [-0.2, -0.15) is 0 Å². The van der Waals surface area contributed by atoms with Crippen LogP contribution in [0.4, 0.5) is 0 Å². The molecule has 0 saturated heterocycles. The van der Waals surface area contributed by atoms with Crippen LogP contribution in [0.5, 0.6) is 0 Å². The normalized spacial score (nSPS) is 14.5. The van der Waals surface area contributed by atoms with E-state index in [2.05, 4.69) is 55.4 Å². The molecule has 0 heterocycles. The van der Waals surface area contributed by atoms with Crippen LogP contribution in [-0.2, 0) is 65.4 Å². The summed E-state index contributed by atoms with van der Waals surface area (Å²) in [5.74, 6) is 0.672. The van der Waals surface area contributed by atoms with Crippen LogP contribution in [0.3, 0.4) is 0 Å². The van der Waals surface area contributed by atoms with E-state index >= 15 is 0 Å². The standard InChI is InChI=1S/C62H120O17P2/c1-52(2)38-30-22-14-9-11-17-26-34-42-59(64)72-48-57(78-61(66)44-36-28-18-12-10-15-23-31-39-53(3)4)50-76-80(68,69)74-46-56(63)47-75-81(70,71)77-51-58(79-62(67)45-37-29-21-20-25-33-41-55(7)8)49-73-60(65)43-35-27-19-13-16-24-32-40-54(5)6/h52-58,63H,9-51H2,1-8H3,(H,68,69)(H,70,71)/t56?,57-,58-/m1/s1. The largest absolute Gasteiger partial charge is 0.472 e. The lowest BCUT2D eigenvalue weighted by Crippen LogP contribution is -2.30. The summed E-state index contributed by atoms with van der Waals surface area (Å²) in [5, 5.41) is 10.5. The van der Waals surface area contributed by atoms with E-state index in [1.807, 2.05) is 0 Å². The average molecular weight is 1200 g/mol. The molecular weight excluding hydrogens is 1080 g/mol. The van der Waals surface area contributed by atoms with Gasteiger partial charge in [-0.1, -0.05) is 242 Å². The number of esters is 4.